The Bertz CT molecular complexity index is 406. The van der Waals surface area contributed by atoms with Crippen LogP contribution in [0.1, 0.15) is 54.6 Å². The van der Waals surface area contributed by atoms with E-state index in [1.54, 1.807) is 6.92 Å². The van der Waals surface area contributed by atoms with Crippen molar-refractivity contribution in [3.8, 4) is 0 Å². The molecule has 2 rings (SSSR count). The summed E-state index contributed by atoms with van der Waals surface area (Å²) in [6.07, 6.45) is 7.31. The average molecular weight is 252 g/mol. The molecule has 5 nitrogen and oxygen atoms in total. The van der Waals surface area contributed by atoms with Crippen molar-refractivity contribution in [1.82, 2.24) is 10.5 Å². The lowest BCUT2D eigenvalue weighted by Crippen LogP contribution is -2.42. The smallest absolute Gasteiger partial charge is 0.256 e. The molecule has 100 valence electrons. The molecule has 0 atom stereocenters. The molecule has 0 unspecified atom stereocenters. The number of aliphatic hydroxyl groups is 1. The maximum Gasteiger partial charge on any atom is 0.256 e. The van der Waals surface area contributed by atoms with Gasteiger partial charge in [-0.2, -0.15) is 0 Å². The lowest BCUT2D eigenvalue weighted by atomic mass is 9.94. The minimum atomic E-state index is -0.753. The number of amides is 1. The number of carbonyl (C=O) groups is 1. The second-order valence-corrected chi connectivity index (χ2v) is 5.12. The van der Waals surface area contributed by atoms with Crippen molar-refractivity contribution in [2.45, 2.75) is 51.0 Å². The van der Waals surface area contributed by atoms with Gasteiger partial charge in [-0.05, 0) is 19.8 Å². The number of aromatic nitrogens is 1. The van der Waals surface area contributed by atoms with E-state index in [2.05, 4.69) is 10.5 Å². The van der Waals surface area contributed by atoms with Crippen LogP contribution in [0, 0.1) is 6.92 Å². The van der Waals surface area contributed by atoms with Crippen molar-refractivity contribution in [1.29, 1.82) is 0 Å². The summed E-state index contributed by atoms with van der Waals surface area (Å²) in [5, 5.41) is 16.8. The van der Waals surface area contributed by atoms with Gasteiger partial charge in [0.2, 0.25) is 0 Å². The Kier molecular flexibility index (Phi) is 4.01. The van der Waals surface area contributed by atoms with Crippen LogP contribution in [0.15, 0.2) is 10.7 Å². The molecule has 1 fully saturated rings. The van der Waals surface area contributed by atoms with E-state index in [-0.39, 0.29) is 5.91 Å². The average Bonchev–Trinajstić information content (AvgIpc) is 2.65. The van der Waals surface area contributed by atoms with Crippen molar-refractivity contribution in [2.75, 3.05) is 6.54 Å². The summed E-state index contributed by atoms with van der Waals surface area (Å²) < 4.78 is 4.85. The van der Waals surface area contributed by atoms with E-state index in [4.69, 9.17) is 4.52 Å². The van der Waals surface area contributed by atoms with Crippen LogP contribution in [0.4, 0.5) is 0 Å². The van der Waals surface area contributed by atoms with Crippen LogP contribution >= 0.6 is 0 Å². The van der Waals surface area contributed by atoms with Gasteiger partial charge in [0.1, 0.15) is 11.3 Å². The molecule has 0 spiro atoms. The third-order valence-electron chi connectivity index (χ3n) is 3.61. The number of nitrogens with zero attached hydrogens (tertiary/aromatic N) is 1. The zero-order chi connectivity index (χ0) is 13.0. The molecule has 0 saturated heterocycles. The van der Waals surface area contributed by atoms with Gasteiger partial charge in [-0.3, -0.25) is 4.79 Å². The van der Waals surface area contributed by atoms with E-state index in [1.807, 2.05) is 0 Å². The third kappa shape index (κ3) is 3.10. The van der Waals surface area contributed by atoms with Crippen LogP contribution in [0.3, 0.4) is 0 Å². The summed E-state index contributed by atoms with van der Waals surface area (Å²) in [7, 11) is 0. The number of hydrogen-bond donors (Lipinski definition) is 2. The largest absolute Gasteiger partial charge is 0.388 e. The van der Waals surface area contributed by atoms with E-state index in [9.17, 15) is 9.90 Å². The monoisotopic (exact) mass is 252 g/mol. The fourth-order valence-corrected chi connectivity index (χ4v) is 2.42. The van der Waals surface area contributed by atoms with Gasteiger partial charge in [0, 0.05) is 6.54 Å². The summed E-state index contributed by atoms with van der Waals surface area (Å²) in [5.74, 6) is 0.270. The molecular formula is C13H20N2O3. The zero-order valence-corrected chi connectivity index (χ0v) is 10.7. The first-order valence-corrected chi connectivity index (χ1v) is 6.53. The van der Waals surface area contributed by atoms with Crippen molar-refractivity contribution < 1.29 is 14.4 Å². The molecule has 1 aliphatic carbocycles. The zero-order valence-electron chi connectivity index (χ0n) is 10.7. The van der Waals surface area contributed by atoms with Crippen LogP contribution in [-0.2, 0) is 0 Å². The standard InChI is InChI=1S/C13H20N2O3/c1-10-11(8-15-18-10)12(16)14-9-13(17)6-4-2-3-5-7-13/h8,17H,2-7,9H2,1H3,(H,14,16). The quantitative estimate of drug-likeness (QED) is 0.804. The van der Waals surface area contributed by atoms with Crippen molar-refractivity contribution in [2.24, 2.45) is 0 Å². The molecule has 0 radical (unpaired) electrons. The van der Waals surface area contributed by atoms with Gasteiger partial charge >= 0.3 is 0 Å². The number of hydrogen-bond acceptors (Lipinski definition) is 4. The highest BCUT2D eigenvalue weighted by Crippen LogP contribution is 2.26. The predicted molar refractivity (Wildman–Crippen MR) is 66.2 cm³/mol. The Labute approximate surface area is 107 Å². The molecule has 1 amide bonds. The molecular weight excluding hydrogens is 232 g/mol. The van der Waals surface area contributed by atoms with Crippen LogP contribution in [-0.4, -0.2) is 28.3 Å². The van der Waals surface area contributed by atoms with Gasteiger partial charge < -0.3 is 14.9 Å². The molecule has 0 aromatic carbocycles. The lowest BCUT2D eigenvalue weighted by molar-refractivity contribution is 0.0246. The molecule has 1 heterocycles. The van der Waals surface area contributed by atoms with Gasteiger partial charge in [0.05, 0.1) is 11.8 Å². The van der Waals surface area contributed by atoms with Gasteiger partial charge in [0.15, 0.2) is 0 Å². The summed E-state index contributed by atoms with van der Waals surface area (Å²) in [4.78, 5) is 11.9. The third-order valence-corrected chi connectivity index (χ3v) is 3.61. The number of nitrogens with one attached hydrogen (secondary N) is 1. The predicted octanol–water partition coefficient (Wildman–Crippen LogP) is 1.80. The molecule has 1 aromatic rings. The van der Waals surface area contributed by atoms with E-state index in [0.29, 0.717) is 17.9 Å². The summed E-state index contributed by atoms with van der Waals surface area (Å²) in [6.45, 7) is 2.00. The van der Waals surface area contributed by atoms with Gasteiger partial charge in [-0.25, -0.2) is 0 Å². The van der Waals surface area contributed by atoms with Crippen molar-refractivity contribution in [3.63, 3.8) is 0 Å². The summed E-state index contributed by atoms with van der Waals surface area (Å²) in [5.41, 5.74) is -0.316. The second kappa shape index (κ2) is 5.52. The molecule has 5 heteroatoms. The van der Waals surface area contributed by atoms with Gasteiger partial charge in [-0.1, -0.05) is 30.8 Å². The fraction of sp³-hybridized carbons (Fsp3) is 0.692. The highest BCUT2D eigenvalue weighted by atomic mass is 16.5. The fourth-order valence-electron chi connectivity index (χ4n) is 2.42. The van der Waals surface area contributed by atoms with Gasteiger partial charge in [0.25, 0.3) is 5.91 Å². The minimum absolute atomic E-state index is 0.230. The molecule has 1 saturated carbocycles. The number of carbonyl (C=O) groups excluding carboxylic acids is 1. The molecule has 0 bridgehead atoms. The Balaban J connectivity index is 1.90. The molecule has 1 aromatic heterocycles. The Hall–Kier alpha value is -1.36. The molecule has 18 heavy (non-hydrogen) atoms. The number of aryl methyl sites for hydroxylation is 1. The van der Waals surface area contributed by atoms with Crippen molar-refractivity contribution in [3.05, 3.63) is 17.5 Å². The van der Waals surface area contributed by atoms with Crippen LogP contribution in [0.5, 0.6) is 0 Å². The second-order valence-electron chi connectivity index (χ2n) is 5.12. The Morgan fingerprint density at radius 1 is 1.44 bits per heavy atom. The molecule has 2 N–H and O–H groups in total. The highest BCUT2D eigenvalue weighted by Gasteiger charge is 2.28. The first-order valence-electron chi connectivity index (χ1n) is 6.53. The van der Waals surface area contributed by atoms with E-state index >= 15 is 0 Å². The van der Waals surface area contributed by atoms with Gasteiger partial charge in [-0.15, -0.1) is 0 Å². The lowest BCUT2D eigenvalue weighted by Gasteiger charge is -2.26. The van der Waals surface area contributed by atoms with Crippen LogP contribution < -0.4 is 5.32 Å². The Morgan fingerprint density at radius 3 is 2.67 bits per heavy atom. The topological polar surface area (TPSA) is 75.4 Å². The van der Waals surface area contributed by atoms with Crippen LogP contribution in [0.25, 0.3) is 0 Å². The summed E-state index contributed by atoms with van der Waals surface area (Å²) in [6, 6.07) is 0. The SMILES string of the molecule is Cc1oncc1C(=O)NCC1(O)CCCCCC1. The first kappa shape index (κ1) is 13.1. The van der Waals surface area contributed by atoms with Crippen molar-refractivity contribution >= 4 is 5.91 Å². The first-order chi connectivity index (χ1) is 8.61. The highest BCUT2D eigenvalue weighted by molar-refractivity contribution is 5.94. The number of rotatable bonds is 3. The Morgan fingerprint density at radius 2 is 2.11 bits per heavy atom. The normalized spacial score (nSPS) is 19.2. The van der Waals surface area contributed by atoms with E-state index in [1.165, 1.54) is 19.0 Å². The maximum atomic E-state index is 11.9. The molecule has 1 aliphatic rings. The maximum absolute atomic E-state index is 11.9. The van der Waals surface area contributed by atoms with E-state index < -0.39 is 5.60 Å². The minimum Gasteiger partial charge on any atom is -0.388 e. The van der Waals surface area contributed by atoms with E-state index in [0.717, 1.165) is 25.7 Å². The summed E-state index contributed by atoms with van der Waals surface area (Å²) >= 11 is 0. The molecule has 0 aliphatic heterocycles. The van der Waals surface area contributed by atoms with Crippen LogP contribution in [0.2, 0.25) is 0 Å².